The number of unbranched alkanes of at least 4 members (excludes halogenated alkanes) is 8. The summed E-state index contributed by atoms with van der Waals surface area (Å²) >= 11 is 0. The summed E-state index contributed by atoms with van der Waals surface area (Å²) in [5, 5.41) is 0. The predicted molar refractivity (Wildman–Crippen MR) is 184 cm³/mol. The second-order valence-electron chi connectivity index (χ2n) is 7.91. The van der Waals surface area contributed by atoms with E-state index in [-0.39, 0.29) is 97.6 Å². The molecule has 0 rings (SSSR count). The van der Waals surface area contributed by atoms with Crippen molar-refractivity contribution in [2.45, 2.75) is 84.2 Å². The Hall–Kier alpha value is -1.68. The molecule has 43 heavy (non-hydrogen) atoms. The zero-order chi connectivity index (χ0) is 29.7. The van der Waals surface area contributed by atoms with Crippen LogP contribution < -0.4 is 68.9 Å². The normalized spacial score (nSPS) is 8.93. The molecule has 0 fully saturated rings. The Balaban J connectivity index is -0.0000000634. The molecule has 0 heterocycles. The van der Waals surface area contributed by atoms with Gasteiger partial charge in [0.1, 0.15) is 6.61 Å². The maximum atomic E-state index is 12.1. The molecule has 0 amide bonds. The molecular weight excluding hydrogens is 609 g/mol. The Morgan fingerprint density at radius 1 is 0.721 bits per heavy atom. The van der Waals surface area contributed by atoms with Crippen LogP contribution in [0, 0.1) is 82.9 Å². The van der Waals surface area contributed by atoms with Crippen LogP contribution in [0.25, 0.3) is 0 Å². The van der Waals surface area contributed by atoms with Crippen molar-refractivity contribution in [3.63, 3.8) is 0 Å². The quantitative estimate of drug-likeness (QED) is 0.0542. The van der Waals surface area contributed by atoms with Gasteiger partial charge in [-0.15, -0.1) is 0 Å². The zero-order valence-electron chi connectivity index (χ0n) is 25.3. The van der Waals surface area contributed by atoms with Crippen LogP contribution >= 0.6 is 21.3 Å². The van der Waals surface area contributed by atoms with Gasteiger partial charge in [-0.3, -0.25) is 4.79 Å². The van der Waals surface area contributed by atoms with Crippen molar-refractivity contribution in [2.24, 2.45) is 0 Å². The minimum atomic E-state index is -5.32. The second kappa shape index (κ2) is 34.8. The van der Waals surface area contributed by atoms with E-state index in [0.717, 1.165) is 19.3 Å². The summed E-state index contributed by atoms with van der Waals surface area (Å²) < 4.78 is 24.9. The molecule has 0 unspecified atom stereocenters. The van der Waals surface area contributed by atoms with Gasteiger partial charge in [0, 0.05) is 30.9 Å². The van der Waals surface area contributed by atoms with Gasteiger partial charge in [-0.25, -0.2) is 4.79 Å². The first kappa shape index (κ1) is 48.2. The minimum Gasteiger partial charge on any atom is -0.790 e. The molecule has 0 bridgehead atoms. The number of hydrogen-bond acceptors (Lipinski definition) is 8. The molecule has 0 aromatic carbocycles. The van der Waals surface area contributed by atoms with Crippen molar-refractivity contribution in [1.29, 1.82) is 0 Å². The molecule has 0 N–H and O–H groups in total. The molecular formula is C31H59Na2O8PS. The van der Waals surface area contributed by atoms with E-state index in [1.165, 1.54) is 32.1 Å². The standard InChI is InChI=1S/C31H33O8P.2Na.H2S.13H2/c1-3-5-7-9-11-13-14-15-16-18-19-21-23-25-30(32)37-27-29(28-38-40(34,35)36)39-31(33)26-24-22-20-17-12-10-8-6-4-2;;;;;;;;;;;;;;;;/h29H,4,6,8,10,12,17,20,22,24,26-28H2,1-2H3,(H2,34,35,36);;;1H2;13*1H/q;2*+1;;;;;;;;;;;;;;/p-2/t29-;;;;;;;;;;;;;;;;/m1................/s1. The summed E-state index contributed by atoms with van der Waals surface area (Å²) in [6, 6.07) is 0. The summed E-state index contributed by atoms with van der Waals surface area (Å²) in [6.07, 6.45) is 8.41. The van der Waals surface area contributed by atoms with Crippen LogP contribution in [0.2, 0.25) is 0 Å². The smallest absolute Gasteiger partial charge is 0.790 e. The number of hydrogen-bond donors (Lipinski definition) is 0. The van der Waals surface area contributed by atoms with E-state index in [1.807, 2.05) is 0 Å². The number of phosphoric acid groups is 1. The third-order valence-electron chi connectivity index (χ3n) is 4.58. The molecule has 1 atom stereocenters. The van der Waals surface area contributed by atoms with Gasteiger partial charge in [0.05, 0.1) is 14.4 Å². The van der Waals surface area contributed by atoms with E-state index < -0.39 is 39.1 Å². The van der Waals surface area contributed by atoms with Gasteiger partial charge >= 0.3 is 71.1 Å². The predicted octanol–water partition coefficient (Wildman–Crippen LogP) is -0.430. The van der Waals surface area contributed by atoms with Gasteiger partial charge in [0.2, 0.25) is 0 Å². The van der Waals surface area contributed by atoms with Gasteiger partial charge < -0.3 is 28.3 Å². The van der Waals surface area contributed by atoms with E-state index in [4.69, 9.17) is 9.47 Å². The molecule has 244 valence electrons. The minimum absolute atomic E-state index is 0. The number of rotatable bonds is 16. The number of esters is 2. The van der Waals surface area contributed by atoms with Crippen molar-refractivity contribution >= 4 is 33.3 Å². The fraction of sp³-hybridized carbons (Fsp3) is 0.484. The van der Waals surface area contributed by atoms with Crippen LogP contribution in [0.3, 0.4) is 0 Å². The van der Waals surface area contributed by atoms with Gasteiger partial charge in [-0.2, -0.15) is 13.5 Å². The fourth-order valence-corrected chi connectivity index (χ4v) is 3.13. The monoisotopic (exact) mass is 668 g/mol. The molecule has 0 spiro atoms. The molecule has 8 nitrogen and oxygen atoms in total. The zero-order valence-corrected chi connectivity index (χ0v) is 31.2. The number of ether oxygens (including phenoxy) is 2. The Bertz CT molecular complexity index is 1360. The van der Waals surface area contributed by atoms with E-state index >= 15 is 0 Å². The Kier molecular flexibility index (Phi) is 39.0. The molecule has 0 aliphatic rings. The van der Waals surface area contributed by atoms with Crippen LogP contribution in [0.5, 0.6) is 0 Å². The van der Waals surface area contributed by atoms with E-state index in [2.05, 4.69) is 94.3 Å². The van der Waals surface area contributed by atoms with Crippen molar-refractivity contribution in [3.05, 3.63) is 0 Å². The number of carbonyl (C=O) groups excluding carboxylic acids is 2. The van der Waals surface area contributed by atoms with Crippen molar-refractivity contribution in [3.8, 4) is 82.9 Å². The third kappa shape index (κ3) is 38.3. The maximum absolute atomic E-state index is 12.1. The maximum Gasteiger partial charge on any atom is 1.00 e. The van der Waals surface area contributed by atoms with Crippen molar-refractivity contribution < 1.29 is 116 Å². The van der Waals surface area contributed by atoms with Gasteiger partial charge in [-0.1, -0.05) is 64.2 Å². The van der Waals surface area contributed by atoms with E-state index in [9.17, 15) is 23.9 Å². The molecule has 0 aliphatic carbocycles. The average Bonchev–Trinajstić information content (AvgIpc) is 2.91. The molecule has 0 aromatic rings. The molecule has 0 aliphatic heterocycles. The third-order valence-corrected chi connectivity index (χ3v) is 5.04. The number of phosphoric ester groups is 1. The van der Waals surface area contributed by atoms with Gasteiger partial charge in [0.15, 0.2) is 6.10 Å². The first-order valence-electron chi connectivity index (χ1n) is 12.7. The van der Waals surface area contributed by atoms with E-state index in [0.29, 0.717) is 6.42 Å². The first-order chi connectivity index (χ1) is 19.3. The molecule has 0 saturated heterocycles. The van der Waals surface area contributed by atoms with Crippen LogP contribution in [-0.2, 0) is 28.2 Å². The van der Waals surface area contributed by atoms with Crippen molar-refractivity contribution in [2.75, 3.05) is 13.2 Å². The van der Waals surface area contributed by atoms with E-state index in [1.54, 1.807) is 6.92 Å². The second-order valence-corrected chi connectivity index (χ2v) is 9.06. The summed E-state index contributed by atoms with van der Waals surface area (Å²) in [5.41, 5.74) is 0. The molecule has 0 radical (unpaired) electrons. The average molecular weight is 669 g/mol. The molecule has 12 heteroatoms. The Labute approximate surface area is 327 Å². The fourth-order valence-electron chi connectivity index (χ4n) is 2.78. The Morgan fingerprint density at radius 3 is 1.63 bits per heavy atom. The SMILES string of the molecule is CC#CC#CC#CC#CC#CC#CC#CC(=O)OC[C@H](COP(=O)([O-])[O-])OC(=O)CCCCCCCCCCC.S.[HH].[HH].[HH].[HH].[HH].[HH].[HH].[HH].[HH].[HH].[HH].[HH].[HH].[Na+].[Na+]. The molecule has 0 aromatic heterocycles. The van der Waals surface area contributed by atoms with Crippen LogP contribution in [0.15, 0.2) is 0 Å². The summed E-state index contributed by atoms with van der Waals surface area (Å²) in [5.74, 6) is 32.0. The molecule has 0 saturated carbocycles. The Morgan fingerprint density at radius 2 is 1.16 bits per heavy atom. The van der Waals surface area contributed by atoms with Gasteiger partial charge in [0.25, 0.3) is 0 Å². The van der Waals surface area contributed by atoms with Crippen LogP contribution in [0.1, 0.15) is 96.6 Å². The topological polar surface area (TPSA) is 125 Å². The summed E-state index contributed by atoms with van der Waals surface area (Å²) in [7, 11) is -5.32. The number of carbonyl (C=O) groups is 2. The summed E-state index contributed by atoms with van der Waals surface area (Å²) in [6.45, 7) is 2.49. The van der Waals surface area contributed by atoms with Crippen LogP contribution in [-0.4, -0.2) is 31.3 Å². The largest absolute Gasteiger partial charge is 1.00 e. The van der Waals surface area contributed by atoms with Crippen molar-refractivity contribution in [1.82, 2.24) is 0 Å². The first-order valence-corrected chi connectivity index (χ1v) is 14.2. The van der Waals surface area contributed by atoms with Gasteiger partial charge in [-0.05, 0) is 84.4 Å². The van der Waals surface area contributed by atoms with Crippen LogP contribution in [0.4, 0.5) is 0 Å². The summed E-state index contributed by atoms with van der Waals surface area (Å²) in [4.78, 5) is 45.5.